The minimum atomic E-state index is -4.75. The van der Waals surface area contributed by atoms with E-state index in [1.165, 1.54) is 18.2 Å². The highest BCUT2D eigenvalue weighted by molar-refractivity contribution is 5.95. The molecular formula is C16H22F3NO2. The van der Waals surface area contributed by atoms with Crippen molar-refractivity contribution in [2.75, 3.05) is 4.90 Å². The van der Waals surface area contributed by atoms with Crippen molar-refractivity contribution in [2.24, 2.45) is 5.92 Å². The van der Waals surface area contributed by atoms with Gasteiger partial charge in [0.2, 0.25) is 5.91 Å². The Morgan fingerprint density at radius 1 is 1.23 bits per heavy atom. The summed E-state index contributed by atoms with van der Waals surface area (Å²) >= 11 is 0. The number of ether oxygens (including phenoxy) is 1. The molecule has 1 amide bonds. The molecule has 0 aliphatic rings. The van der Waals surface area contributed by atoms with Crippen LogP contribution in [-0.2, 0) is 4.79 Å². The largest absolute Gasteiger partial charge is 0.573 e. The molecule has 0 bridgehead atoms. The molecule has 6 heteroatoms. The second-order valence-electron chi connectivity index (χ2n) is 5.38. The average Bonchev–Trinajstić information content (AvgIpc) is 2.42. The summed E-state index contributed by atoms with van der Waals surface area (Å²) in [6, 6.07) is 5.51. The van der Waals surface area contributed by atoms with Gasteiger partial charge < -0.3 is 9.64 Å². The van der Waals surface area contributed by atoms with Crippen LogP contribution < -0.4 is 9.64 Å². The molecule has 0 N–H and O–H groups in total. The summed E-state index contributed by atoms with van der Waals surface area (Å²) in [7, 11) is 0. The third kappa shape index (κ3) is 4.93. The predicted octanol–water partition coefficient (Wildman–Crippen LogP) is 4.76. The molecule has 1 rings (SSSR count). The monoisotopic (exact) mass is 317 g/mol. The van der Waals surface area contributed by atoms with Gasteiger partial charge in [-0.2, -0.15) is 0 Å². The number of amides is 1. The van der Waals surface area contributed by atoms with E-state index in [4.69, 9.17) is 0 Å². The van der Waals surface area contributed by atoms with Crippen molar-refractivity contribution < 1.29 is 22.7 Å². The molecule has 0 aliphatic carbocycles. The first-order valence-corrected chi connectivity index (χ1v) is 7.38. The fourth-order valence-electron chi connectivity index (χ4n) is 2.28. The summed E-state index contributed by atoms with van der Waals surface area (Å²) in [6.07, 6.45) is -3.31. The molecule has 0 aliphatic heterocycles. The Bertz CT molecular complexity index is 496. The van der Waals surface area contributed by atoms with Gasteiger partial charge in [0, 0.05) is 23.7 Å². The Morgan fingerprint density at radius 3 is 2.27 bits per heavy atom. The van der Waals surface area contributed by atoms with E-state index in [1.54, 1.807) is 24.8 Å². The second kappa shape index (κ2) is 7.51. The zero-order valence-electron chi connectivity index (χ0n) is 13.3. The van der Waals surface area contributed by atoms with Crippen molar-refractivity contribution in [1.82, 2.24) is 0 Å². The Balaban J connectivity index is 3.19. The molecule has 0 fully saturated rings. The van der Waals surface area contributed by atoms with Gasteiger partial charge in [0.1, 0.15) is 5.75 Å². The Hall–Kier alpha value is -1.72. The normalized spacial score (nSPS) is 11.9. The van der Waals surface area contributed by atoms with E-state index in [0.717, 1.165) is 12.8 Å². The number of rotatable bonds is 6. The third-order valence-corrected chi connectivity index (χ3v) is 3.37. The van der Waals surface area contributed by atoms with E-state index in [2.05, 4.69) is 4.74 Å². The van der Waals surface area contributed by atoms with Crippen molar-refractivity contribution in [3.05, 3.63) is 24.3 Å². The first-order valence-electron chi connectivity index (χ1n) is 7.38. The lowest BCUT2D eigenvalue weighted by Gasteiger charge is -2.32. The number of halogens is 3. The minimum absolute atomic E-state index is 0.0592. The number of anilines is 1. The smallest absolute Gasteiger partial charge is 0.406 e. The van der Waals surface area contributed by atoms with Crippen LogP contribution >= 0.6 is 0 Å². The van der Waals surface area contributed by atoms with Gasteiger partial charge in [-0.25, -0.2) is 0 Å². The van der Waals surface area contributed by atoms with E-state index in [9.17, 15) is 18.0 Å². The molecule has 0 radical (unpaired) electrons. The van der Waals surface area contributed by atoms with Gasteiger partial charge in [-0.1, -0.05) is 33.8 Å². The molecule has 0 saturated carbocycles. The summed E-state index contributed by atoms with van der Waals surface area (Å²) in [4.78, 5) is 14.0. The van der Waals surface area contributed by atoms with Gasteiger partial charge in [-0.3, -0.25) is 4.79 Å². The number of hydrogen-bond donors (Lipinski definition) is 0. The molecule has 0 unspecified atom stereocenters. The fraction of sp³-hybridized carbons (Fsp3) is 0.562. The molecule has 0 saturated heterocycles. The van der Waals surface area contributed by atoms with Crippen LogP contribution in [0.3, 0.4) is 0 Å². The lowest BCUT2D eigenvalue weighted by molar-refractivity contribution is -0.274. The third-order valence-electron chi connectivity index (χ3n) is 3.37. The maximum absolute atomic E-state index is 12.5. The van der Waals surface area contributed by atoms with Crippen LogP contribution in [0.25, 0.3) is 0 Å². The molecule has 22 heavy (non-hydrogen) atoms. The van der Waals surface area contributed by atoms with E-state index >= 15 is 0 Å². The van der Waals surface area contributed by atoms with Gasteiger partial charge >= 0.3 is 6.36 Å². The maximum atomic E-state index is 12.5. The van der Waals surface area contributed by atoms with Crippen LogP contribution in [-0.4, -0.2) is 18.3 Å². The first kappa shape index (κ1) is 18.3. The van der Waals surface area contributed by atoms with Gasteiger partial charge in [0.15, 0.2) is 0 Å². The number of nitrogens with zero attached hydrogens (tertiary/aromatic N) is 1. The molecule has 0 atom stereocenters. The van der Waals surface area contributed by atoms with Gasteiger partial charge in [0.25, 0.3) is 0 Å². The molecule has 124 valence electrons. The van der Waals surface area contributed by atoms with Gasteiger partial charge in [0.05, 0.1) is 0 Å². The SMILES string of the molecule is CCC(CC)N(C(=O)C(C)C)c1cccc(OC(F)(F)F)c1. The highest BCUT2D eigenvalue weighted by Crippen LogP contribution is 2.29. The van der Waals surface area contributed by atoms with E-state index in [0.29, 0.717) is 5.69 Å². The highest BCUT2D eigenvalue weighted by atomic mass is 19.4. The van der Waals surface area contributed by atoms with Crippen LogP contribution in [0.15, 0.2) is 24.3 Å². The van der Waals surface area contributed by atoms with Crippen LogP contribution in [0.1, 0.15) is 40.5 Å². The first-order chi connectivity index (χ1) is 10.2. The second-order valence-corrected chi connectivity index (χ2v) is 5.38. The molecule has 0 heterocycles. The van der Waals surface area contributed by atoms with Crippen molar-refractivity contribution in [1.29, 1.82) is 0 Å². The molecule has 1 aromatic rings. The van der Waals surface area contributed by atoms with Crippen molar-refractivity contribution >= 4 is 11.6 Å². The summed E-state index contributed by atoms with van der Waals surface area (Å²) in [5, 5.41) is 0. The summed E-state index contributed by atoms with van der Waals surface area (Å²) in [6.45, 7) is 7.44. The number of benzene rings is 1. The van der Waals surface area contributed by atoms with E-state index in [1.807, 2.05) is 13.8 Å². The minimum Gasteiger partial charge on any atom is -0.406 e. The van der Waals surface area contributed by atoms with Crippen molar-refractivity contribution in [2.45, 2.75) is 52.9 Å². The van der Waals surface area contributed by atoms with Crippen LogP contribution in [0, 0.1) is 5.92 Å². The van der Waals surface area contributed by atoms with E-state index in [-0.39, 0.29) is 23.6 Å². The average molecular weight is 317 g/mol. The molecule has 1 aromatic carbocycles. The zero-order valence-corrected chi connectivity index (χ0v) is 13.3. The lowest BCUT2D eigenvalue weighted by atomic mass is 10.1. The Labute approximate surface area is 129 Å². The number of alkyl halides is 3. The van der Waals surface area contributed by atoms with E-state index < -0.39 is 6.36 Å². The quantitative estimate of drug-likeness (QED) is 0.757. The zero-order chi connectivity index (χ0) is 16.9. The standard InChI is InChI=1S/C16H22F3NO2/c1-5-12(6-2)20(15(21)11(3)4)13-8-7-9-14(10-13)22-16(17,18)19/h7-12H,5-6H2,1-4H3. The van der Waals surface area contributed by atoms with Gasteiger partial charge in [-0.15, -0.1) is 13.2 Å². The predicted molar refractivity (Wildman–Crippen MR) is 79.8 cm³/mol. The molecule has 0 aromatic heterocycles. The van der Waals surface area contributed by atoms with Crippen LogP contribution in [0.4, 0.5) is 18.9 Å². The topological polar surface area (TPSA) is 29.5 Å². The van der Waals surface area contributed by atoms with Crippen molar-refractivity contribution in [3.63, 3.8) is 0 Å². The molecular weight excluding hydrogens is 295 g/mol. The van der Waals surface area contributed by atoms with Gasteiger partial charge in [-0.05, 0) is 25.0 Å². The summed E-state index contributed by atoms with van der Waals surface area (Å²) in [5.74, 6) is -0.678. The fourth-order valence-corrected chi connectivity index (χ4v) is 2.28. The molecule has 3 nitrogen and oxygen atoms in total. The van der Waals surface area contributed by atoms with Crippen LogP contribution in [0.2, 0.25) is 0 Å². The Morgan fingerprint density at radius 2 is 1.82 bits per heavy atom. The highest BCUT2D eigenvalue weighted by Gasteiger charge is 2.32. The molecule has 0 spiro atoms. The lowest BCUT2D eigenvalue weighted by Crippen LogP contribution is -2.42. The number of carbonyl (C=O) groups is 1. The van der Waals surface area contributed by atoms with Crippen LogP contribution in [0.5, 0.6) is 5.75 Å². The number of hydrogen-bond acceptors (Lipinski definition) is 2. The summed E-state index contributed by atoms with van der Waals surface area (Å²) < 4.78 is 41.0. The maximum Gasteiger partial charge on any atom is 0.573 e. The Kier molecular flexibility index (Phi) is 6.26. The van der Waals surface area contributed by atoms with Crippen molar-refractivity contribution in [3.8, 4) is 5.75 Å². The summed E-state index contributed by atoms with van der Waals surface area (Å²) in [5.41, 5.74) is 0.425. The number of carbonyl (C=O) groups excluding carboxylic acids is 1.